The molecule has 2 amide bonds. The summed E-state index contributed by atoms with van der Waals surface area (Å²) in [5.74, 6) is 1.08. The molecule has 6 nitrogen and oxygen atoms in total. The molecule has 2 rings (SSSR count). The standard InChI is InChI=1S/C17H30N2O4/c1-13(2)4-5-16(21)19-11-17(12-19)7-6-14(9-23-17)8-18-15(20)10-22-3/h13-14H,4-12H2,1-3H3,(H,18,20)/t14-/m1/s1. The second-order valence-corrected chi connectivity index (χ2v) is 7.32. The SMILES string of the molecule is COCC(=O)NC[C@H]1CCC2(CN(C(=O)CCC(C)C)C2)OC1. The van der Waals surface area contributed by atoms with Gasteiger partial charge < -0.3 is 19.7 Å². The van der Waals surface area contributed by atoms with Gasteiger partial charge in [-0.15, -0.1) is 0 Å². The third kappa shape index (κ3) is 5.18. The lowest BCUT2D eigenvalue weighted by atomic mass is 9.82. The minimum absolute atomic E-state index is 0.0849. The van der Waals surface area contributed by atoms with Gasteiger partial charge in [-0.3, -0.25) is 9.59 Å². The van der Waals surface area contributed by atoms with E-state index in [0.29, 0.717) is 31.4 Å². The van der Waals surface area contributed by atoms with Crippen LogP contribution < -0.4 is 5.32 Å². The average molecular weight is 326 g/mol. The molecule has 2 fully saturated rings. The summed E-state index contributed by atoms with van der Waals surface area (Å²) in [4.78, 5) is 25.4. The second kappa shape index (κ2) is 8.11. The van der Waals surface area contributed by atoms with Gasteiger partial charge in [-0.2, -0.15) is 0 Å². The molecule has 2 saturated heterocycles. The molecule has 0 aromatic rings. The van der Waals surface area contributed by atoms with Crippen LogP contribution in [0.3, 0.4) is 0 Å². The molecule has 2 heterocycles. The molecule has 0 bridgehead atoms. The summed E-state index contributed by atoms with van der Waals surface area (Å²) in [6.45, 7) is 7.13. The fourth-order valence-corrected chi connectivity index (χ4v) is 3.16. The first kappa shape index (κ1) is 18.2. The minimum Gasteiger partial charge on any atom is -0.375 e. The van der Waals surface area contributed by atoms with Crippen molar-refractivity contribution < 1.29 is 19.1 Å². The van der Waals surface area contributed by atoms with Crippen molar-refractivity contribution in [1.29, 1.82) is 0 Å². The first-order chi connectivity index (χ1) is 10.9. The van der Waals surface area contributed by atoms with Crippen LogP contribution in [0.1, 0.15) is 39.5 Å². The van der Waals surface area contributed by atoms with Gasteiger partial charge in [-0.25, -0.2) is 0 Å². The van der Waals surface area contributed by atoms with E-state index in [4.69, 9.17) is 9.47 Å². The lowest BCUT2D eigenvalue weighted by molar-refractivity contribution is -0.188. The number of likely N-dealkylation sites (tertiary alicyclic amines) is 1. The highest BCUT2D eigenvalue weighted by atomic mass is 16.5. The Morgan fingerprint density at radius 3 is 2.70 bits per heavy atom. The fraction of sp³-hybridized carbons (Fsp3) is 0.882. The predicted octanol–water partition coefficient (Wildman–Crippen LogP) is 1.19. The maximum Gasteiger partial charge on any atom is 0.245 e. The molecule has 0 radical (unpaired) electrons. The van der Waals surface area contributed by atoms with Gasteiger partial charge in [-0.05, 0) is 31.1 Å². The molecule has 0 unspecified atom stereocenters. The molecular weight excluding hydrogens is 296 g/mol. The molecular formula is C17H30N2O4. The number of nitrogens with one attached hydrogen (secondary N) is 1. The Morgan fingerprint density at radius 2 is 2.13 bits per heavy atom. The molecule has 1 atom stereocenters. The third-order valence-corrected chi connectivity index (χ3v) is 4.74. The van der Waals surface area contributed by atoms with Crippen LogP contribution in [0, 0.1) is 11.8 Å². The number of carbonyl (C=O) groups is 2. The van der Waals surface area contributed by atoms with Crippen LogP contribution in [0.15, 0.2) is 0 Å². The van der Waals surface area contributed by atoms with Gasteiger partial charge in [-0.1, -0.05) is 13.8 Å². The Labute approximate surface area is 138 Å². The normalized spacial score (nSPS) is 23.0. The highest BCUT2D eigenvalue weighted by Gasteiger charge is 2.48. The van der Waals surface area contributed by atoms with Gasteiger partial charge >= 0.3 is 0 Å². The third-order valence-electron chi connectivity index (χ3n) is 4.74. The molecule has 132 valence electrons. The highest BCUT2D eigenvalue weighted by Crippen LogP contribution is 2.36. The molecule has 1 spiro atoms. The summed E-state index contributed by atoms with van der Waals surface area (Å²) >= 11 is 0. The number of rotatable bonds is 7. The maximum absolute atomic E-state index is 12.1. The lowest BCUT2D eigenvalue weighted by Crippen LogP contribution is -2.66. The van der Waals surface area contributed by atoms with Crippen molar-refractivity contribution in [2.75, 3.05) is 40.0 Å². The number of ether oxygens (including phenoxy) is 2. The Hall–Kier alpha value is -1.14. The number of hydrogen-bond donors (Lipinski definition) is 1. The van der Waals surface area contributed by atoms with Crippen LogP contribution in [0.25, 0.3) is 0 Å². The van der Waals surface area contributed by atoms with Crippen molar-refractivity contribution in [3.8, 4) is 0 Å². The van der Waals surface area contributed by atoms with Crippen molar-refractivity contribution in [2.24, 2.45) is 11.8 Å². The van der Waals surface area contributed by atoms with E-state index < -0.39 is 0 Å². The summed E-state index contributed by atoms with van der Waals surface area (Å²) in [6.07, 6.45) is 3.58. The van der Waals surface area contributed by atoms with E-state index in [1.165, 1.54) is 7.11 Å². The van der Waals surface area contributed by atoms with Gasteiger partial charge in [0.2, 0.25) is 11.8 Å². The number of hydrogen-bond acceptors (Lipinski definition) is 4. The van der Waals surface area contributed by atoms with E-state index in [-0.39, 0.29) is 24.0 Å². The zero-order chi connectivity index (χ0) is 16.9. The van der Waals surface area contributed by atoms with Crippen LogP contribution in [0.5, 0.6) is 0 Å². The quantitative estimate of drug-likeness (QED) is 0.763. The van der Waals surface area contributed by atoms with Crippen LogP contribution in [-0.4, -0.2) is 62.3 Å². The first-order valence-corrected chi connectivity index (χ1v) is 8.61. The van der Waals surface area contributed by atoms with E-state index >= 15 is 0 Å². The van der Waals surface area contributed by atoms with E-state index in [2.05, 4.69) is 19.2 Å². The summed E-state index contributed by atoms with van der Waals surface area (Å²) in [5.41, 5.74) is -0.124. The summed E-state index contributed by atoms with van der Waals surface area (Å²) in [7, 11) is 1.51. The summed E-state index contributed by atoms with van der Waals surface area (Å²) < 4.78 is 10.8. The van der Waals surface area contributed by atoms with Crippen LogP contribution >= 0.6 is 0 Å². The van der Waals surface area contributed by atoms with E-state index in [0.717, 1.165) is 32.4 Å². The average Bonchev–Trinajstić information content (AvgIpc) is 2.49. The summed E-state index contributed by atoms with van der Waals surface area (Å²) in [5, 5.41) is 2.86. The molecule has 0 saturated carbocycles. The zero-order valence-electron chi connectivity index (χ0n) is 14.6. The van der Waals surface area contributed by atoms with Gasteiger partial charge in [0.05, 0.1) is 19.7 Å². The monoisotopic (exact) mass is 326 g/mol. The van der Waals surface area contributed by atoms with Gasteiger partial charge in [0.15, 0.2) is 0 Å². The van der Waals surface area contributed by atoms with E-state index in [1.54, 1.807) is 0 Å². The predicted molar refractivity (Wildman–Crippen MR) is 86.9 cm³/mol. The van der Waals surface area contributed by atoms with Crippen LogP contribution in [0.4, 0.5) is 0 Å². The van der Waals surface area contributed by atoms with Crippen LogP contribution in [-0.2, 0) is 19.1 Å². The van der Waals surface area contributed by atoms with Crippen LogP contribution in [0.2, 0.25) is 0 Å². The van der Waals surface area contributed by atoms with Crippen molar-refractivity contribution in [3.05, 3.63) is 0 Å². The molecule has 1 N–H and O–H groups in total. The van der Waals surface area contributed by atoms with Gasteiger partial charge in [0.1, 0.15) is 12.2 Å². The second-order valence-electron chi connectivity index (χ2n) is 7.32. The molecule has 23 heavy (non-hydrogen) atoms. The van der Waals surface area contributed by atoms with Crippen molar-refractivity contribution in [1.82, 2.24) is 10.2 Å². The largest absolute Gasteiger partial charge is 0.375 e. The van der Waals surface area contributed by atoms with E-state index in [1.807, 2.05) is 4.90 Å². The fourth-order valence-electron chi connectivity index (χ4n) is 3.16. The Morgan fingerprint density at radius 1 is 1.39 bits per heavy atom. The van der Waals surface area contributed by atoms with E-state index in [9.17, 15) is 9.59 Å². The highest BCUT2D eigenvalue weighted by molar-refractivity contribution is 5.77. The van der Waals surface area contributed by atoms with Crippen molar-refractivity contribution in [3.63, 3.8) is 0 Å². The van der Waals surface area contributed by atoms with Crippen molar-refractivity contribution >= 4 is 11.8 Å². The van der Waals surface area contributed by atoms with Crippen molar-refractivity contribution in [2.45, 2.75) is 45.1 Å². The minimum atomic E-state index is -0.124. The topological polar surface area (TPSA) is 67.9 Å². The molecule has 0 aromatic carbocycles. The molecule has 6 heteroatoms. The molecule has 0 aliphatic carbocycles. The Kier molecular flexibility index (Phi) is 6.41. The first-order valence-electron chi connectivity index (χ1n) is 8.61. The molecule has 0 aromatic heterocycles. The molecule has 2 aliphatic heterocycles. The van der Waals surface area contributed by atoms with Gasteiger partial charge in [0.25, 0.3) is 0 Å². The lowest BCUT2D eigenvalue weighted by Gasteiger charge is -2.52. The summed E-state index contributed by atoms with van der Waals surface area (Å²) in [6, 6.07) is 0. The number of methoxy groups -OCH3 is 1. The zero-order valence-corrected chi connectivity index (χ0v) is 14.6. The maximum atomic E-state index is 12.1. The smallest absolute Gasteiger partial charge is 0.245 e. The van der Waals surface area contributed by atoms with Gasteiger partial charge in [0, 0.05) is 20.1 Å². The Balaban J connectivity index is 1.64. The number of carbonyl (C=O) groups excluding carboxylic acids is 2. The number of amides is 2. The Bertz CT molecular complexity index is 409. The number of nitrogens with zero attached hydrogens (tertiary/aromatic N) is 1. The molecule has 2 aliphatic rings.